The largest absolute Gasteiger partial charge is 0.372 e. The highest BCUT2D eigenvalue weighted by atomic mass is 35.5. The van der Waals surface area contributed by atoms with Gasteiger partial charge in [0.1, 0.15) is 6.61 Å². The molecule has 100 valence electrons. The Morgan fingerprint density at radius 1 is 1.39 bits per heavy atom. The highest BCUT2D eigenvalue weighted by molar-refractivity contribution is 6.35. The van der Waals surface area contributed by atoms with Gasteiger partial charge in [-0.25, -0.2) is 0 Å². The Labute approximate surface area is 117 Å². The van der Waals surface area contributed by atoms with Crippen LogP contribution in [0.15, 0.2) is 18.2 Å². The molecule has 0 fully saturated rings. The molecule has 0 aliphatic rings. The molecule has 0 atom stereocenters. The molecule has 0 aliphatic heterocycles. The van der Waals surface area contributed by atoms with Gasteiger partial charge in [-0.2, -0.15) is 0 Å². The van der Waals surface area contributed by atoms with E-state index in [2.05, 4.69) is 5.32 Å². The summed E-state index contributed by atoms with van der Waals surface area (Å²) in [4.78, 5) is 11.4. The first-order valence-electron chi connectivity index (χ1n) is 5.92. The zero-order valence-electron chi connectivity index (χ0n) is 10.3. The fourth-order valence-corrected chi connectivity index (χ4v) is 1.92. The van der Waals surface area contributed by atoms with Crippen LogP contribution in [0.1, 0.15) is 18.9 Å². The van der Waals surface area contributed by atoms with Crippen LogP contribution >= 0.6 is 23.2 Å². The summed E-state index contributed by atoms with van der Waals surface area (Å²) >= 11 is 11.8. The zero-order valence-corrected chi connectivity index (χ0v) is 11.9. The van der Waals surface area contributed by atoms with Crippen LogP contribution in [0.3, 0.4) is 0 Å². The summed E-state index contributed by atoms with van der Waals surface area (Å²) in [5.41, 5.74) is 0.968. The highest BCUT2D eigenvalue weighted by Crippen LogP contribution is 2.20. The topological polar surface area (TPSA) is 38.3 Å². The number of benzene rings is 1. The van der Waals surface area contributed by atoms with E-state index in [9.17, 15) is 4.79 Å². The fourth-order valence-electron chi connectivity index (χ4n) is 1.42. The van der Waals surface area contributed by atoms with Gasteiger partial charge < -0.3 is 10.1 Å². The van der Waals surface area contributed by atoms with E-state index in [-0.39, 0.29) is 12.5 Å². The van der Waals surface area contributed by atoms with Crippen molar-refractivity contribution in [2.24, 2.45) is 0 Å². The number of ether oxygens (including phenoxy) is 1. The van der Waals surface area contributed by atoms with E-state index in [1.165, 1.54) is 0 Å². The summed E-state index contributed by atoms with van der Waals surface area (Å²) in [5, 5.41) is 4.01. The second-order valence-electron chi connectivity index (χ2n) is 3.89. The molecule has 1 N–H and O–H groups in total. The first-order chi connectivity index (χ1) is 8.63. The molecule has 1 aromatic carbocycles. The normalized spacial score (nSPS) is 10.4. The zero-order chi connectivity index (χ0) is 13.4. The van der Waals surface area contributed by atoms with Gasteiger partial charge >= 0.3 is 0 Å². The molecule has 0 aromatic heterocycles. The van der Waals surface area contributed by atoms with Crippen LogP contribution in [0.2, 0.25) is 10.0 Å². The van der Waals surface area contributed by atoms with Gasteiger partial charge in [-0.05, 0) is 30.5 Å². The van der Waals surface area contributed by atoms with E-state index in [0.29, 0.717) is 29.6 Å². The van der Waals surface area contributed by atoms with Gasteiger partial charge in [-0.1, -0.05) is 36.2 Å². The third-order valence-electron chi connectivity index (χ3n) is 2.31. The summed E-state index contributed by atoms with van der Waals surface area (Å²) in [6.45, 7) is 3.26. The molecular weight excluding hydrogens is 273 g/mol. The van der Waals surface area contributed by atoms with Crippen molar-refractivity contribution < 1.29 is 9.53 Å². The molecule has 5 heteroatoms. The Kier molecular flexibility index (Phi) is 7.09. The second kappa shape index (κ2) is 8.35. The lowest BCUT2D eigenvalue weighted by molar-refractivity contribution is -0.125. The summed E-state index contributed by atoms with van der Waals surface area (Å²) in [6.07, 6.45) is 1.59. The number of nitrogens with one attached hydrogen (secondary N) is 1. The Hall–Kier alpha value is -0.770. The average Bonchev–Trinajstić information content (AvgIpc) is 2.32. The van der Waals surface area contributed by atoms with E-state index in [1.807, 2.05) is 13.0 Å². The average molecular weight is 290 g/mol. The molecule has 0 aliphatic carbocycles. The molecule has 0 unspecified atom stereocenters. The first-order valence-corrected chi connectivity index (χ1v) is 6.67. The van der Waals surface area contributed by atoms with E-state index in [4.69, 9.17) is 27.9 Å². The number of carbonyl (C=O) groups is 1. The van der Waals surface area contributed by atoms with Gasteiger partial charge in [-0.3, -0.25) is 4.79 Å². The Bertz CT molecular complexity index is 397. The lowest BCUT2D eigenvalue weighted by Gasteiger charge is -2.07. The van der Waals surface area contributed by atoms with Gasteiger partial charge in [0.2, 0.25) is 5.91 Å². The minimum absolute atomic E-state index is 0.103. The van der Waals surface area contributed by atoms with Gasteiger partial charge in [0.25, 0.3) is 0 Å². The number of amides is 1. The summed E-state index contributed by atoms with van der Waals surface area (Å²) in [5.74, 6) is -0.103. The van der Waals surface area contributed by atoms with Crippen LogP contribution < -0.4 is 5.32 Å². The van der Waals surface area contributed by atoms with Crippen molar-refractivity contribution in [1.82, 2.24) is 5.32 Å². The quantitative estimate of drug-likeness (QED) is 0.784. The van der Waals surface area contributed by atoms with Crippen LogP contribution in [0.5, 0.6) is 0 Å². The fraction of sp³-hybridized carbons (Fsp3) is 0.462. The van der Waals surface area contributed by atoms with Crippen LogP contribution in [0.25, 0.3) is 0 Å². The summed E-state index contributed by atoms with van der Waals surface area (Å²) in [7, 11) is 0. The monoisotopic (exact) mass is 289 g/mol. The molecule has 0 saturated heterocycles. The maximum absolute atomic E-state index is 11.4. The van der Waals surface area contributed by atoms with Crippen LogP contribution in [0.4, 0.5) is 0 Å². The highest BCUT2D eigenvalue weighted by Gasteiger charge is 2.03. The lowest BCUT2D eigenvalue weighted by Crippen LogP contribution is -2.29. The van der Waals surface area contributed by atoms with Crippen molar-refractivity contribution in [2.45, 2.75) is 19.8 Å². The molecule has 0 heterocycles. The summed E-state index contributed by atoms with van der Waals surface area (Å²) in [6, 6.07) is 5.35. The molecule has 0 radical (unpaired) electrons. The number of carbonyl (C=O) groups excluding carboxylic acids is 1. The first kappa shape index (κ1) is 15.3. The Balaban J connectivity index is 2.26. The van der Waals surface area contributed by atoms with Gasteiger partial charge in [-0.15, -0.1) is 0 Å². The molecule has 1 aromatic rings. The van der Waals surface area contributed by atoms with Crippen molar-refractivity contribution in [2.75, 3.05) is 19.8 Å². The van der Waals surface area contributed by atoms with E-state index in [0.717, 1.165) is 12.0 Å². The second-order valence-corrected chi connectivity index (χ2v) is 4.73. The number of hydrogen-bond donors (Lipinski definition) is 1. The number of rotatable bonds is 7. The lowest BCUT2D eigenvalue weighted by atomic mass is 10.1. The molecule has 3 nitrogen and oxygen atoms in total. The maximum atomic E-state index is 11.4. The summed E-state index contributed by atoms with van der Waals surface area (Å²) < 4.78 is 5.13. The maximum Gasteiger partial charge on any atom is 0.246 e. The van der Waals surface area contributed by atoms with Crippen molar-refractivity contribution in [3.05, 3.63) is 33.8 Å². The van der Waals surface area contributed by atoms with Crippen LogP contribution in [-0.4, -0.2) is 25.7 Å². The number of hydrogen-bond acceptors (Lipinski definition) is 2. The molecule has 0 saturated carbocycles. The Morgan fingerprint density at radius 2 is 2.17 bits per heavy atom. The van der Waals surface area contributed by atoms with E-state index >= 15 is 0 Å². The molecule has 1 amide bonds. The molecule has 0 bridgehead atoms. The van der Waals surface area contributed by atoms with Crippen LogP contribution in [0, 0.1) is 0 Å². The molecule has 0 spiro atoms. The van der Waals surface area contributed by atoms with Gasteiger partial charge in [0.15, 0.2) is 0 Å². The number of halogens is 2. The third kappa shape index (κ3) is 5.71. The van der Waals surface area contributed by atoms with Gasteiger partial charge in [0.05, 0.1) is 0 Å². The van der Waals surface area contributed by atoms with Crippen molar-refractivity contribution in [1.29, 1.82) is 0 Å². The predicted molar refractivity (Wildman–Crippen MR) is 74.3 cm³/mol. The smallest absolute Gasteiger partial charge is 0.246 e. The SMILES string of the molecule is CCCOCC(=O)NCCc1ccc(Cl)cc1Cl. The third-order valence-corrected chi connectivity index (χ3v) is 2.90. The van der Waals surface area contributed by atoms with E-state index < -0.39 is 0 Å². The van der Waals surface area contributed by atoms with Crippen molar-refractivity contribution in [3.63, 3.8) is 0 Å². The van der Waals surface area contributed by atoms with Crippen molar-refractivity contribution in [3.8, 4) is 0 Å². The van der Waals surface area contributed by atoms with E-state index in [1.54, 1.807) is 12.1 Å². The molecular formula is C13H17Cl2NO2. The minimum Gasteiger partial charge on any atom is -0.372 e. The predicted octanol–water partition coefficient (Wildman–Crippen LogP) is 3.08. The molecule has 1 rings (SSSR count). The minimum atomic E-state index is -0.103. The molecule has 18 heavy (non-hydrogen) atoms. The standard InChI is InChI=1S/C13H17Cl2NO2/c1-2-7-18-9-13(17)16-6-5-10-3-4-11(14)8-12(10)15/h3-4,8H,2,5-7,9H2,1H3,(H,16,17). The van der Waals surface area contributed by atoms with Gasteiger partial charge in [0, 0.05) is 23.2 Å². The van der Waals surface area contributed by atoms with Crippen molar-refractivity contribution >= 4 is 29.1 Å². The Morgan fingerprint density at radius 3 is 2.83 bits per heavy atom. The van der Waals surface area contributed by atoms with Crippen LogP contribution in [-0.2, 0) is 16.0 Å².